The van der Waals surface area contributed by atoms with Gasteiger partial charge in [-0.25, -0.2) is 0 Å². The Labute approximate surface area is 114 Å². The second-order valence-electron chi connectivity index (χ2n) is 5.33. The average molecular weight is 255 g/mol. The van der Waals surface area contributed by atoms with Gasteiger partial charge in [0.25, 0.3) is 0 Å². The van der Waals surface area contributed by atoms with Gasteiger partial charge in [-0.15, -0.1) is 0 Å². The van der Waals surface area contributed by atoms with Gasteiger partial charge in [0.05, 0.1) is 6.20 Å². The van der Waals surface area contributed by atoms with E-state index in [0.717, 1.165) is 6.54 Å². The van der Waals surface area contributed by atoms with Crippen LogP contribution in [-0.2, 0) is 19.4 Å². The van der Waals surface area contributed by atoms with Crippen LogP contribution in [0.1, 0.15) is 29.7 Å². The number of hydrogen-bond donors (Lipinski definition) is 1. The predicted molar refractivity (Wildman–Crippen MR) is 77.0 cm³/mol. The van der Waals surface area contributed by atoms with Crippen LogP contribution in [0, 0.1) is 5.92 Å². The highest BCUT2D eigenvalue weighted by Gasteiger charge is 2.29. The molecule has 1 atom stereocenters. The van der Waals surface area contributed by atoms with E-state index in [-0.39, 0.29) is 0 Å². The van der Waals surface area contributed by atoms with E-state index in [9.17, 15) is 0 Å². The molecule has 0 aliphatic heterocycles. The molecule has 0 radical (unpaired) electrons. The van der Waals surface area contributed by atoms with E-state index >= 15 is 0 Å². The number of aryl methyl sites for hydroxylation is 1. The minimum absolute atomic E-state index is 0.396. The molecule has 1 heterocycles. The summed E-state index contributed by atoms with van der Waals surface area (Å²) >= 11 is 0. The fourth-order valence-corrected chi connectivity index (χ4v) is 3.22. The number of nitrogens with zero attached hydrogens (tertiary/aromatic N) is 2. The molecule has 3 heteroatoms. The van der Waals surface area contributed by atoms with Gasteiger partial charge >= 0.3 is 0 Å². The largest absolute Gasteiger partial charge is 0.313 e. The van der Waals surface area contributed by atoms with Crippen LogP contribution >= 0.6 is 0 Å². The number of benzene rings is 1. The lowest BCUT2D eigenvalue weighted by Crippen LogP contribution is -2.25. The Balaban J connectivity index is 1.81. The Morgan fingerprint density at radius 3 is 2.53 bits per heavy atom. The molecule has 3 rings (SSSR count). The van der Waals surface area contributed by atoms with Crippen molar-refractivity contribution in [3.05, 3.63) is 53.3 Å². The van der Waals surface area contributed by atoms with Crippen molar-refractivity contribution in [3.63, 3.8) is 0 Å². The van der Waals surface area contributed by atoms with Gasteiger partial charge in [-0.2, -0.15) is 5.10 Å². The van der Waals surface area contributed by atoms with Crippen molar-refractivity contribution in [2.75, 3.05) is 7.05 Å². The van der Waals surface area contributed by atoms with E-state index in [0.29, 0.717) is 12.0 Å². The maximum atomic E-state index is 4.40. The fourth-order valence-electron chi connectivity index (χ4n) is 3.22. The van der Waals surface area contributed by atoms with Gasteiger partial charge in [0.1, 0.15) is 0 Å². The Kier molecular flexibility index (Phi) is 3.38. The lowest BCUT2D eigenvalue weighted by atomic mass is 9.92. The minimum atomic E-state index is 0.396. The summed E-state index contributed by atoms with van der Waals surface area (Å²) in [4.78, 5) is 0. The number of aromatic nitrogens is 2. The van der Waals surface area contributed by atoms with Crippen LogP contribution in [0.4, 0.5) is 0 Å². The van der Waals surface area contributed by atoms with Crippen molar-refractivity contribution in [1.29, 1.82) is 0 Å². The Morgan fingerprint density at radius 2 is 2.00 bits per heavy atom. The summed E-state index contributed by atoms with van der Waals surface area (Å²) in [5.74, 6) is 0.636. The maximum absolute atomic E-state index is 4.40. The molecule has 0 saturated carbocycles. The van der Waals surface area contributed by atoms with Gasteiger partial charge in [0, 0.05) is 24.3 Å². The predicted octanol–water partition coefficient (Wildman–Crippen LogP) is 2.58. The van der Waals surface area contributed by atoms with Crippen LogP contribution in [0.15, 0.2) is 36.7 Å². The zero-order chi connectivity index (χ0) is 13.2. The maximum Gasteiger partial charge on any atom is 0.0537 e. The van der Waals surface area contributed by atoms with Crippen molar-refractivity contribution >= 4 is 0 Å². The molecule has 1 unspecified atom stereocenters. The quantitative estimate of drug-likeness (QED) is 0.910. The van der Waals surface area contributed by atoms with Crippen molar-refractivity contribution in [3.8, 4) is 0 Å². The third-order valence-corrected chi connectivity index (χ3v) is 4.20. The van der Waals surface area contributed by atoms with E-state index in [2.05, 4.69) is 54.8 Å². The SMILES string of the molecule is CCn1cc(C(NC)C2Cc3ccccc3C2)cn1. The molecule has 0 spiro atoms. The molecule has 1 aliphatic carbocycles. The number of hydrogen-bond acceptors (Lipinski definition) is 2. The molecule has 1 aromatic heterocycles. The van der Waals surface area contributed by atoms with Gasteiger partial charge in [-0.3, -0.25) is 4.68 Å². The van der Waals surface area contributed by atoms with Gasteiger partial charge in [0.15, 0.2) is 0 Å². The molecule has 1 aromatic carbocycles. The first-order chi connectivity index (χ1) is 9.31. The summed E-state index contributed by atoms with van der Waals surface area (Å²) in [7, 11) is 2.05. The molecule has 19 heavy (non-hydrogen) atoms. The van der Waals surface area contributed by atoms with E-state index in [1.54, 1.807) is 0 Å². The van der Waals surface area contributed by atoms with Gasteiger partial charge in [-0.05, 0) is 43.9 Å². The first kappa shape index (κ1) is 12.4. The van der Waals surface area contributed by atoms with Crippen LogP contribution in [-0.4, -0.2) is 16.8 Å². The lowest BCUT2D eigenvalue weighted by Gasteiger charge is -2.21. The number of fused-ring (bicyclic) bond motifs is 1. The first-order valence-corrected chi connectivity index (χ1v) is 7.08. The van der Waals surface area contributed by atoms with E-state index in [1.807, 2.05) is 10.9 Å². The van der Waals surface area contributed by atoms with E-state index in [1.165, 1.54) is 29.5 Å². The van der Waals surface area contributed by atoms with E-state index < -0.39 is 0 Å². The monoisotopic (exact) mass is 255 g/mol. The minimum Gasteiger partial charge on any atom is -0.313 e. The first-order valence-electron chi connectivity index (χ1n) is 7.08. The Bertz CT molecular complexity index is 534. The molecule has 0 fully saturated rings. The van der Waals surface area contributed by atoms with E-state index in [4.69, 9.17) is 0 Å². The highest BCUT2D eigenvalue weighted by atomic mass is 15.3. The summed E-state index contributed by atoms with van der Waals surface area (Å²) in [5, 5.41) is 7.88. The van der Waals surface area contributed by atoms with Crippen molar-refractivity contribution < 1.29 is 0 Å². The van der Waals surface area contributed by atoms with Crippen molar-refractivity contribution in [1.82, 2.24) is 15.1 Å². The van der Waals surface area contributed by atoms with Crippen LogP contribution in [0.2, 0.25) is 0 Å². The fraction of sp³-hybridized carbons (Fsp3) is 0.438. The van der Waals surface area contributed by atoms with Gasteiger partial charge < -0.3 is 5.32 Å². The zero-order valence-corrected chi connectivity index (χ0v) is 11.6. The topological polar surface area (TPSA) is 29.9 Å². The Hall–Kier alpha value is -1.61. The van der Waals surface area contributed by atoms with Gasteiger partial charge in [-0.1, -0.05) is 24.3 Å². The molecular formula is C16H21N3. The van der Waals surface area contributed by atoms with Crippen LogP contribution < -0.4 is 5.32 Å². The summed E-state index contributed by atoms with van der Waals surface area (Å²) in [5.41, 5.74) is 4.33. The standard InChI is InChI=1S/C16H21N3/c1-3-19-11-15(10-18-19)16(17-2)14-8-12-6-4-5-7-13(12)9-14/h4-7,10-11,14,16-17H,3,8-9H2,1-2H3. The smallest absolute Gasteiger partial charge is 0.0537 e. The van der Waals surface area contributed by atoms with Crippen LogP contribution in [0.5, 0.6) is 0 Å². The molecule has 2 aromatic rings. The summed E-state index contributed by atoms with van der Waals surface area (Å²) in [6.45, 7) is 3.05. The molecule has 1 aliphatic rings. The molecule has 0 amide bonds. The number of nitrogens with one attached hydrogen (secondary N) is 1. The summed E-state index contributed by atoms with van der Waals surface area (Å²) in [6, 6.07) is 9.21. The van der Waals surface area contributed by atoms with Crippen molar-refractivity contribution in [2.45, 2.75) is 32.4 Å². The van der Waals surface area contributed by atoms with Crippen molar-refractivity contribution in [2.24, 2.45) is 5.92 Å². The highest BCUT2D eigenvalue weighted by molar-refractivity contribution is 5.33. The molecular weight excluding hydrogens is 234 g/mol. The lowest BCUT2D eigenvalue weighted by molar-refractivity contribution is 0.397. The number of rotatable bonds is 4. The molecule has 100 valence electrons. The summed E-state index contributed by atoms with van der Waals surface area (Å²) in [6.07, 6.45) is 6.51. The van der Waals surface area contributed by atoms with Gasteiger partial charge in [0.2, 0.25) is 0 Å². The van der Waals surface area contributed by atoms with Crippen LogP contribution in [0.3, 0.4) is 0 Å². The third kappa shape index (κ3) is 2.30. The second kappa shape index (κ2) is 5.17. The normalized spacial score (nSPS) is 16.5. The molecule has 1 N–H and O–H groups in total. The molecule has 0 bridgehead atoms. The second-order valence-corrected chi connectivity index (χ2v) is 5.33. The van der Waals surface area contributed by atoms with Crippen LogP contribution in [0.25, 0.3) is 0 Å². The third-order valence-electron chi connectivity index (χ3n) is 4.20. The zero-order valence-electron chi connectivity index (χ0n) is 11.6. The molecule has 0 saturated heterocycles. The summed E-state index contributed by atoms with van der Waals surface area (Å²) < 4.78 is 2.00. The highest BCUT2D eigenvalue weighted by Crippen LogP contribution is 2.34. The molecule has 3 nitrogen and oxygen atoms in total. The Morgan fingerprint density at radius 1 is 1.32 bits per heavy atom. The average Bonchev–Trinajstić information content (AvgIpc) is 3.05.